The van der Waals surface area contributed by atoms with E-state index in [0.29, 0.717) is 12.2 Å². The minimum Gasteiger partial charge on any atom is -0.508 e. The number of phenolic OH excluding ortho intramolecular Hbond substituents is 1. The van der Waals surface area contributed by atoms with E-state index in [-0.39, 0.29) is 18.1 Å². The lowest BCUT2D eigenvalue weighted by Crippen LogP contribution is -2.36. The van der Waals surface area contributed by atoms with Gasteiger partial charge in [0.05, 0.1) is 5.69 Å². The van der Waals surface area contributed by atoms with Crippen LogP contribution < -0.4 is 9.30 Å². The zero-order valence-corrected chi connectivity index (χ0v) is 13.9. The van der Waals surface area contributed by atoms with E-state index in [1.807, 2.05) is 37.3 Å². The molecule has 1 N–H and O–H groups in total. The average molecular weight is 335 g/mol. The molecule has 0 atom stereocenters. The maximum Gasteiger partial charge on any atom is 0.227 e. The lowest BCUT2D eigenvalue weighted by molar-refractivity contribution is -0.683. The van der Waals surface area contributed by atoms with Gasteiger partial charge in [-0.1, -0.05) is 6.07 Å². The first-order valence-corrected chi connectivity index (χ1v) is 7.97. The van der Waals surface area contributed by atoms with Crippen LogP contribution in [0.15, 0.2) is 67.0 Å². The number of benzene rings is 1. The normalized spacial score (nSPS) is 10.4. The summed E-state index contributed by atoms with van der Waals surface area (Å²) in [6.07, 6.45) is 3.61. The summed E-state index contributed by atoms with van der Waals surface area (Å²) in [4.78, 5) is 16.6. The number of pyridine rings is 2. The van der Waals surface area contributed by atoms with Crippen molar-refractivity contribution in [3.05, 3.63) is 83.9 Å². The maximum absolute atomic E-state index is 12.2. The Morgan fingerprint density at radius 3 is 2.48 bits per heavy atom. The zero-order chi connectivity index (χ0) is 17.6. The quantitative estimate of drug-likeness (QED) is 0.556. The molecule has 0 saturated carbocycles. The Morgan fingerprint density at radius 1 is 1.08 bits per heavy atom. The number of rotatable bonds is 6. The molecule has 0 aliphatic heterocycles. The second-order valence-corrected chi connectivity index (χ2v) is 5.74. The van der Waals surface area contributed by atoms with Crippen molar-refractivity contribution in [2.24, 2.45) is 0 Å². The van der Waals surface area contributed by atoms with Gasteiger partial charge in [-0.2, -0.15) is 4.57 Å². The Balaban J connectivity index is 1.58. The Hall–Kier alpha value is -3.21. The van der Waals surface area contributed by atoms with E-state index >= 15 is 0 Å². The van der Waals surface area contributed by atoms with E-state index in [0.717, 1.165) is 17.1 Å². The van der Waals surface area contributed by atoms with E-state index in [1.165, 1.54) is 12.1 Å². The smallest absolute Gasteiger partial charge is 0.227 e. The Bertz CT molecular complexity index is 859. The molecule has 0 spiro atoms. The summed E-state index contributed by atoms with van der Waals surface area (Å²) in [6.45, 7) is 2.57. The predicted octanol–water partition coefficient (Wildman–Crippen LogP) is 2.85. The number of ketones is 1. The fraction of sp³-hybridized carbons (Fsp3) is 0.150. The molecule has 0 amide bonds. The Kier molecular flexibility index (Phi) is 5.04. The van der Waals surface area contributed by atoms with Crippen molar-refractivity contribution >= 4 is 5.78 Å². The highest BCUT2D eigenvalue weighted by atomic mass is 16.5. The van der Waals surface area contributed by atoms with Gasteiger partial charge in [-0.25, -0.2) is 0 Å². The molecule has 126 valence electrons. The van der Waals surface area contributed by atoms with Crippen molar-refractivity contribution < 1.29 is 19.2 Å². The number of hydrogen-bond acceptors (Lipinski definition) is 4. The molecule has 0 bridgehead atoms. The molecular formula is C20H19N2O3+. The van der Waals surface area contributed by atoms with Gasteiger partial charge in [0.2, 0.25) is 12.3 Å². The lowest BCUT2D eigenvalue weighted by atomic mass is 10.1. The molecule has 0 saturated heterocycles. The summed E-state index contributed by atoms with van der Waals surface area (Å²) in [5, 5.41) is 9.27. The van der Waals surface area contributed by atoms with Crippen molar-refractivity contribution in [2.45, 2.75) is 20.1 Å². The largest absolute Gasteiger partial charge is 0.508 e. The highest BCUT2D eigenvalue weighted by Gasteiger charge is 2.12. The van der Waals surface area contributed by atoms with Gasteiger partial charge in [-0.3, -0.25) is 9.78 Å². The lowest BCUT2D eigenvalue weighted by Gasteiger charge is -2.05. The van der Waals surface area contributed by atoms with Crippen LogP contribution in [0.5, 0.6) is 11.5 Å². The van der Waals surface area contributed by atoms with E-state index in [9.17, 15) is 9.90 Å². The second-order valence-electron chi connectivity index (χ2n) is 5.74. The molecule has 0 fully saturated rings. The number of aryl methyl sites for hydroxylation is 1. The van der Waals surface area contributed by atoms with E-state index in [1.54, 1.807) is 29.1 Å². The Labute approximate surface area is 146 Å². The number of carbonyl (C=O) groups is 1. The zero-order valence-electron chi connectivity index (χ0n) is 13.9. The maximum atomic E-state index is 12.2. The first-order valence-electron chi connectivity index (χ1n) is 7.97. The predicted molar refractivity (Wildman–Crippen MR) is 92.4 cm³/mol. The minimum absolute atomic E-state index is 0.0253. The molecule has 3 rings (SSSR count). The van der Waals surface area contributed by atoms with Gasteiger partial charge in [-0.05, 0) is 43.3 Å². The summed E-state index contributed by atoms with van der Waals surface area (Å²) < 4.78 is 7.50. The number of phenols is 1. The van der Waals surface area contributed by atoms with Gasteiger partial charge in [0.15, 0.2) is 12.4 Å². The minimum atomic E-state index is -0.0253. The van der Waals surface area contributed by atoms with Gasteiger partial charge in [0.25, 0.3) is 0 Å². The third kappa shape index (κ3) is 4.64. The van der Waals surface area contributed by atoms with Crippen LogP contribution in [0, 0.1) is 6.92 Å². The Morgan fingerprint density at radius 2 is 1.80 bits per heavy atom. The molecular weight excluding hydrogens is 316 g/mol. The van der Waals surface area contributed by atoms with Crippen molar-refractivity contribution in [2.75, 3.05) is 0 Å². The molecule has 0 radical (unpaired) electrons. The van der Waals surface area contributed by atoms with Gasteiger partial charge in [0, 0.05) is 23.4 Å². The molecule has 1 aromatic carbocycles. The second kappa shape index (κ2) is 7.57. The van der Waals surface area contributed by atoms with Crippen LogP contribution in [-0.4, -0.2) is 15.9 Å². The SMILES string of the molecule is Cc1cccc(COc2cc[n+](CC(=O)c3ccc(O)cc3)cc2)n1. The monoisotopic (exact) mass is 335 g/mol. The summed E-state index contributed by atoms with van der Waals surface area (Å²) in [6, 6.07) is 15.7. The third-order valence-corrected chi connectivity index (χ3v) is 3.71. The molecule has 25 heavy (non-hydrogen) atoms. The first kappa shape index (κ1) is 16.6. The van der Waals surface area contributed by atoms with Crippen LogP contribution in [0.3, 0.4) is 0 Å². The van der Waals surface area contributed by atoms with Crippen molar-refractivity contribution in [1.29, 1.82) is 0 Å². The van der Waals surface area contributed by atoms with Crippen LogP contribution in [0.2, 0.25) is 0 Å². The van der Waals surface area contributed by atoms with Gasteiger partial charge in [0.1, 0.15) is 18.1 Å². The average Bonchev–Trinajstić information content (AvgIpc) is 2.62. The highest BCUT2D eigenvalue weighted by molar-refractivity contribution is 5.95. The van der Waals surface area contributed by atoms with Gasteiger partial charge >= 0.3 is 0 Å². The third-order valence-electron chi connectivity index (χ3n) is 3.71. The van der Waals surface area contributed by atoms with Crippen LogP contribution in [0.1, 0.15) is 21.7 Å². The number of Topliss-reactive ketones (excluding diaryl/α,β-unsaturated/α-hetero) is 1. The number of hydrogen-bond donors (Lipinski definition) is 1. The topological polar surface area (TPSA) is 63.3 Å². The highest BCUT2D eigenvalue weighted by Crippen LogP contribution is 2.11. The van der Waals surface area contributed by atoms with E-state index in [2.05, 4.69) is 4.98 Å². The molecule has 5 nitrogen and oxygen atoms in total. The molecule has 2 aromatic heterocycles. The first-order chi connectivity index (χ1) is 12.1. The van der Waals surface area contributed by atoms with Crippen molar-refractivity contribution in [3.8, 4) is 11.5 Å². The summed E-state index contributed by atoms with van der Waals surface area (Å²) >= 11 is 0. The van der Waals surface area contributed by atoms with E-state index in [4.69, 9.17) is 4.74 Å². The summed E-state index contributed by atoms with van der Waals surface area (Å²) in [5.74, 6) is 0.841. The number of ether oxygens (including phenoxy) is 1. The number of aromatic nitrogens is 2. The molecule has 0 aliphatic carbocycles. The molecule has 0 aliphatic rings. The molecule has 2 heterocycles. The van der Waals surface area contributed by atoms with Gasteiger partial charge in [-0.15, -0.1) is 0 Å². The summed E-state index contributed by atoms with van der Waals surface area (Å²) in [5.41, 5.74) is 2.40. The molecule has 0 unspecified atom stereocenters. The van der Waals surface area contributed by atoms with Crippen LogP contribution in [0.4, 0.5) is 0 Å². The van der Waals surface area contributed by atoms with Crippen molar-refractivity contribution in [1.82, 2.24) is 4.98 Å². The number of carbonyl (C=O) groups excluding carboxylic acids is 1. The molecule has 3 aromatic rings. The fourth-order valence-corrected chi connectivity index (χ4v) is 2.39. The van der Waals surface area contributed by atoms with Crippen molar-refractivity contribution in [3.63, 3.8) is 0 Å². The van der Waals surface area contributed by atoms with E-state index < -0.39 is 0 Å². The summed E-state index contributed by atoms with van der Waals surface area (Å²) in [7, 11) is 0. The standard InChI is InChI=1S/C20H18N2O3/c1-15-3-2-4-17(21-15)14-25-19-9-11-22(12-10-19)13-20(24)16-5-7-18(23)8-6-16/h2-12H,13-14H2,1H3/p+1. The number of nitrogens with zero attached hydrogens (tertiary/aromatic N) is 2. The van der Waals surface area contributed by atoms with Gasteiger partial charge < -0.3 is 9.84 Å². The molecule has 5 heteroatoms. The van der Waals surface area contributed by atoms with Crippen LogP contribution >= 0.6 is 0 Å². The van der Waals surface area contributed by atoms with Crippen LogP contribution in [-0.2, 0) is 13.2 Å². The van der Waals surface area contributed by atoms with Crippen LogP contribution in [0.25, 0.3) is 0 Å². The fourth-order valence-electron chi connectivity index (χ4n) is 2.39. The number of aromatic hydroxyl groups is 1.